The molecule has 2 aliphatic heterocycles. The van der Waals surface area contributed by atoms with Crippen molar-refractivity contribution in [2.24, 2.45) is 10.4 Å². The Labute approximate surface area is 146 Å². The van der Waals surface area contributed by atoms with E-state index < -0.39 is 5.41 Å². The predicted octanol–water partition coefficient (Wildman–Crippen LogP) is 2.60. The van der Waals surface area contributed by atoms with Gasteiger partial charge in [-0.05, 0) is 43.2 Å². The molecule has 130 valence electrons. The molecule has 2 heterocycles. The highest BCUT2D eigenvalue weighted by Crippen LogP contribution is 2.46. The summed E-state index contributed by atoms with van der Waals surface area (Å²) in [7, 11) is 1.65. The smallest absolute Gasteiger partial charge is 0.245 e. The van der Waals surface area contributed by atoms with Gasteiger partial charge in [-0.2, -0.15) is 5.26 Å². The second kappa shape index (κ2) is 6.16. The molecule has 3 aliphatic rings. The molecule has 1 aliphatic carbocycles. The number of hydrogen-bond acceptors (Lipinski definition) is 5. The van der Waals surface area contributed by atoms with E-state index in [2.05, 4.69) is 17.5 Å². The number of nitrogens with zero attached hydrogens (tertiary/aromatic N) is 2. The first-order chi connectivity index (χ1) is 12.2. The van der Waals surface area contributed by atoms with Gasteiger partial charge in [-0.1, -0.05) is 6.07 Å². The minimum atomic E-state index is -0.842. The third-order valence-electron chi connectivity index (χ3n) is 5.40. The summed E-state index contributed by atoms with van der Waals surface area (Å²) in [6.07, 6.45) is 3.75. The van der Waals surface area contributed by atoms with E-state index in [0.717, 1.165) is 43.1 Å². The number of ether oxygens (including phenoxy) is 2. The van der Waals surface area contributed by atoms with Crippen LogP contribution in [0.25, 0.3) is 0 Å². The van der Waals surface area contributed by atoms with Gasteiger partial charge in [0.25, 0.3) is 0 Å². The molecule has 6 heteroatoms. The van der Waals surface area contributed by atoms with Gasteiger partial charge in [0.1, 0.15) is 17.0 Å². The lowest BCUT2D eigenvalue weighted by Gasteiger charge is -2.24. The Kier molecular flexibility index (Phi) is 3.97. The summed E-state index contributed by atoms with van der Waals surface area (Å²) in [4.78, 5) is 17.0. The van der Waals surface area contributed by atoms with Crippen LogP contribution in [0.3, 0.4) is 0 Å². The molecule has 0 bridgehead atoms. The van der Waals surface area contributed by atoms with Crippen molar-refractivity contribution in [3.63, 3.8) is 0 Å². The van der Waals surface area contributed by atoms with Crippen molar-refractivity contribution in [2.45, 2.75) is 38.0 Å². The summed E-state index contributed by atoms with van der Waals surface area (Å²) < 4.78 is 11.0. The number of rotatable bonds is 3. The van der Waals surface area contributed by atoms with Gasteiger partial charge in [0, 0.05) is 25.2 Å². The molecule has 0 atom stereocenters. The van der Waals surface area contributed by atoms with E-state index in [4.69, 9.17) is 14.5 Å². The average molecular weight is 339 g/mol. The van der Waals surface area contributed by atoms with Gasteiger partial charge in [0.05, 0.1) is 18.9 Å². The Morgan fingerprint density at radius 3 is 2.80 bits per heavy atom. The van der Waals surface area contributed by atoms with Crippen molar-refractivity contribution in [3.8, 4) is 11.8 Å². The van der Waals surface area contributed by atoms with E-state index in [1.807, 2.05) is 6.07 Å². The zero-order valence-corrected chi connectivity index (χ0v) is 14.3. The van der Waals surface area contributed by atoms with Crippen molar-refractivity contribution >= 4 is 17.4 Å². The highest BCUT2D eigenvalue weighted by atomic mass is 16.5. The molecule has 1 amide bonds. The molecule has 6 nitrogen and oxygen atoms in total. The zero-order valence-electron chi connectivity index (χ0n) is 14.3. The number of nitriles is 1. The Morgan fingerprint density at radius 2 is 2.16 bits per heavy atom. The molecule has 0 aromatic heterocycles. The number of methoxy groups -OCH3 is 1. The first-order valence-corrected chi connectivity index (χ1v) is 8.74. The fraction of sp³-hybridized carbons (Fsp3) is 0.526. The molecule has 1 N–H and O–H groups in total. The average Bonchev–Trinajstić information content (AvgIpc) is 3.35. The quantitative estimate of drug-likeness (QED) is 0.917. The maximum absolute atomic E-state index is 12.3. The van der Waals surface area contributed by atoms with Crippen LogP contribution in [0, 0.1) is 16.7 Å². The standard InChI is InChI=1S/C19H21N3O3/c1-24-15-3-2-13(12-4-8-25-9-5-12)17-14(15)10-16(21-17)22-18(23)19(11-20)6-7-19/h2-3,12H,4-10H2,1H3,(H,21,22,23). The molecule has 25 heavy (non-hydrogen) atoms. The van der Waals surface area contributed by atoms with E-state index in [-0.39, 0.29) is 5.91 Å². The monoisotopic (exact) mass is 339 g/mol. The van der Waals surface area contributed by atoms with Gasteiger partial charge < -0.3 is 14.8 Å². The summed E-state index contributed by atoms with van der Waals surface area (Å²) in [5.74, 6) is 1.59. The van der Waals surface area contributed by atoms with Crippen LogP contribution >= 0.6 is 0 Å². The maximum atomic E-state index is 12.3. The van der Waals surface area contributed by atoms with E-state index in [1.54, 1.807) is 7.11 Å². The minimum Gasteiger partial charge on any atom is -0.496 e. The lowest BCUT2D eigenvalue weighted by atomic mass is 9.89. The van der Waals surface area contributed by atoms with Crippen LogP contribution in [0.5, 0.6) is 5.75 Å². The summed E-state index contributed by atoms with van der Waals surface area (Å²) >= 11 is 0. The first kappa shape index (κ1) is 16.1. The van der Waals surface area contributed by atoms with Crippen LogP contribution in [0.15, 0.2) is 17.1 Å². The Balaban J connectivity index is 1.62. The third-order valence-corrected chi connectivity index (χ3v) is 5.40. The van der Waals surface area contributed by atoms with Crippen LogP contribution in [0.1, 0.15) is 42.7 Å². The Hall–Kier alpha value is -2.39. The van der Waals surface area contributed by atoms with Crippen LogP contribution < -0.4 is 10.1 Å². The summed E-state index contributed by atoms with van der Waals surface area (Å²) in [6, 6.07) is 6.20. The van der Waals surface area contributed by atoms with Crippen molar-refractivity contribution in [1.29, 1.82) is 5.26 Å². The highest BCUT2D eigenvalue weighted by Gasteiger charge is 2.51. The summed E-state index contributed by atoms with van der Waals surface area (Å²) in [5, 5.41) is 12.1. The van der Waals surface area contributed by atoms with Gasteiger partial charge in [-0.3, -0.25) is 4.79 Å². The molecule has 1 saturated carbocycles. The molecule has 1 aromatic rings. The molecule has 0 unspecified atom stereocenters. The summed E-state index contributed by atoms with van der Waals surface area (Å²) in [5.41, 5.74) is 2.29. The highest BCUT2D eigenvalue weighted by molar-refractivity contribution is 6.06. The van der Waals surface area contributed by atoms with Crippen LogP contribution in [-0.2, 0) is 16.0 Å². The molecule has 1 saturated heterocycles. The third kappa shape index (κ3) is 2.79. The first-order valence-electron chi connectivity index (χ1n) is 8.74. The molecule has 0 radical (unpaired) electrons. The predicted molar refractivity (Wildman–Crippen MR) is 92.0 cm³/mol. The normalized spacial score (nSPS) is 21.0. The minimum absolute atomic E-state index is 0.229. The van der Waals surface area contributed by atoms with Gasteiger partial charge in [-0.25, -0.2) is 4.99 Å². The van der Waals surface area contributed by atoms with Crippen molar-refractivity contribution in [1.82, 2.24) is 5.32 Å². The fourth-order valence-corrected chi connectivity index (χ4v) is 3.65. The maximum Gasteiger partial charge on any atom is 0.245 e. The number of carbonyl (C=O) groups excluding carboxylic acids is 1. The SMILES string of the molecule is COc1ccc(C2CCOCC2)c2c1CC(NC(=O)C1(C#N)CC1)=N2. The molecule has 2 fully saturated rings. The number of nitrogens with one attached hydrogen (secondary N) is 1. The van der Waals surface area contributed by atoms with E-state index in [1.165, 1.54) is 5.56 Å². The fourth-order valence-electron chi connectivity index (χ4n) is 3.65. The lowest BCUT2D eigenvalue weighted by Crippen LogP contribution is -2.36. The van der Waals surface area contributed by atoms with Crippen LogP contribution in [-0.4, -0.2) is 32.1 Å². The van der Waals surface area contributed by atoms with E-state index in [0.29, 0.717) is 31.0 Å². The molecule has 4 rings (SSSR count). The second-order valence-corrected chi connectivity index (χ2v) is 6.95. The Bertz CT molecular complexity index is 784. The number of amidine groups is 1. The number of hydrogen-bond donors (Lipinski definition) is 1. The second-order valence-electron chi connectivity index (χ2n) is 6.95. The molecular weight excluding hydrogens is 318 g/mol. The van der Waals surface area contributed by atoms with Crippen molar-refractivity contribution in [2.75, 3.05) is 20.3 Å². The van der Waals surface area contributed by atoms with Crippen LogP contribution in [0.4, 0.5) is 5.69 Å². The Morgan fingerprint density at radius 1 is 1.40 bits per heavy atom. The number of benzene rings is 1. The number of carbonyl (C=O) groups is 1. The number of fused-ring (bicyclic) bond motifs is 1. The van der Waals surface area contributed by atoms with Gasteiger partial charge in [0.15, 0.2) is 0 Å². The lowest BCUT2D eigenvalue weighted by molar-refractivity contribution is -0.123. The molecule has 1 aromatic carbocycles. The largest absolute Gasteiger partial charge is 0.496 e. The van der Waals surface area contributed by atoms with Crippen molar-refractivity contribution < 1.29 is 14.3 Å². The topological polar surface area (TPSA) is 83.7 Å². The number of amides is 1. The van der Waals surface area contributed by atoms with Gasteiger partial charge in [-0.15, -0.1) is 0 Å². The number of aliphatic imine (C=N–C) groups is 1. The van der Waals surface area contributed by atoms with Gasteiger partial charge in [0.2, 0.25) is 5.91 Å². The van der Waals surface area contributed by atoms with Crippen molar-refractivity contribution in [3.05, 3.63) is 23.3 Å². The molecular formula is C19H21N3O3. The van der Waals surface area contributed by atoms with E-state index >= 15 is 0 Å². The zero-order chi connectivity index (χ0) is 17.4. The van der Waals surface area contributed by atoms with Gasteiger partial charge >= 0.3 is 0 Å². The van der Waals surface area contributed by atoms with Crippen LogP contribution in [0.2, 0.25) is 0 Å². The molecule has 0 spiro atoms. The van der Waals surface area contributed by atoms with E-state index in [9.17, 15) is 10.1 Å². The summed E-state index contributed by atoms with van der Waals surface area (Å²) in [6.45, 7) is 1.53.